The second-order valence-corrected chi connectivity index (χ2v) is 4.14. The van der Waals surface area contributed by atoms with Crippen molar-refractivity contribution in [1.82, 2.24) is 5.32 Å². The Morgan fingerprint density at radius 1 is 1.32 bits per heavy atom. The predicted molar refractivity (Wildman–Crippen MR) is 68.9 cm³/mol. The highest BCUT2D eigenvalue weighted by Gasteiger charge is 2.30. The number of hydrogen-bond donors (Lipinski definition) is 2. The number of hydrogen-bond acceptors (Lipinski definition) is 2. The molecule has 2 unspecified atom stereocenters. The number of amides is 1. The molecule has 0 saturated carbocycles. The summed E-state index contributed by atoms with van der Waals surface area (Å²) in [7, 11) is 0. The van der Waals surface area contributed by atoms with Crippen molar-refractivity contribution < 1.29 is 18.0 Å². The van der Waals surface area contributed by atoms with E-state index in [0.717, 1.165) is 12.1 Å². The van der Waals surface area contributed by atoms with Crippen LogP contribution in [-0.2, 0) is 11.0 Å². The van der Waals surface area contributed by atoms with Gasteiger partial charge in [0.2, 0.25) is 5.91 Å². The van der Waals surface area contributed by atoms with E-state index in [9.17, 15) is 18.0 Å². The maximum Gasteiger partial charge on any atom is 0.416 e. The number of rotatable bonds is 3. The first kappa shape index (κ1) is 17.7. The number of benzene rings is 1. The Morgan fingerprint density at radius 3 is 2.37 bits per heavy atom. The van der Waals surface area contributed by atoms with Gasteiger partial charge in [-0.05, 0) is 31.5 Å². The molecule has 7 heteroatoms. The van der Waals surface area contributed by atoms with E-state index in [1.54, 1.807) is 6.92 Å². The minimum absolute atomic E-state index is 0. The average Bonchev–Trinajstić information content (AvgIpc) is 2.27. The van der Waals surface area contributed by atoms with E-state index in [2.05, 4.69) is 5.32 Å². The summed E-state index contributed by atoms with van der Waals surface area (Å²) in [5.74, 6) is -0.403. The summed E-state index contributed by atoms with van der Waals surface area (Å²) in [5, 5.41) is 2.54. The third kappa shape index (κ3) is 5.08. The largest absolute Gasteiger partial charge is 0.416 e. The predicted octanol–water partition coefficient (Wildman–Crippen LogP) is 2.65. The minimum atomic E-state index is -4.39. The molecule has 1 amide bonds. The Morgan fingerprint density at radius 2 is 1.89 bits per heavy atom. The second-order valence-electron chi connectivity index (χ2n) is 4.14. The molecule has 0 saturated heterocycles. The maximum absolute atomic E-state index is 12.5. The van der Waals surface area contributed by atoms with Gasteiger partial charge in [-0.2, -0.15) is 13.2 Å². The SMILES string of the molecule is CC(N)C(=O)NC(C)c1cccc(C(F)(F)F)c1.Cl. The number of carbonyl (C=O) groups is 1. The van der Waals surface area contributed by atoms with E-state index < -0.39 is 29.7 Å². The van der Waals surface area contributed by atoms with E-state index in [4.69, 9.17) is 5.73 Å². The van der Waals surface area contributed by atoms with Gasteiger partial charge in [0.05, 0.1) is 17.6 Å². The zero-order valence-corrected chi connectivity index (χ0v) is 11.3. The van der Waals surface area contributed by atoms with Crippen LogP contribution in [0.25, 0.3) is 0 Å². The fourth-order valence-corrected chi connectivity index (χ4v) is 1.41. The molecule has 0 heterocycles. The molecule has 1 aromatic rings. The van der Waals surface area contributed by atoms with Crippen molar-refractivity contribution in [3.8, 4) is 0 Å². The summed E-state index contributed by atoms with van der Waals surface area (Å²) in [6.45, 7) is 3.12. The van der Waals surface area contributed by atoms with Crippen LogP contribution in [0.1, 0.15) is 31.0 Å². The van der Waals surface area contributed by atoms with Crippen LogP contribution < -0.4 is 11.1 Å². The van der Waals surface area contributed by atoms with E-state index in [0.29, 0.717) is 5.56 Å². The molecule has 0 aliphatic carbocycles. The van der Waals surface area contributed by atoms with Crippen molar-refractivity contribution in [3.63, 3.8) is 0 Å². The van der Waals surface area contributed by atoms with Gasteiger partial charge < -0.3 is 11.1 Å². The maximum atomic E-state index is 12.5. The third-order valence-corrected chi connectivity index (χ3v) is 2.49. The lowest BCUT2D eigenvalue weighted by Gasteiger charge is -2.17. The second kappa shape index (κ2) is 6.77. The monoisotopic (exact) mass is 296 g/mol. The fourth-order valence-electron chi connectivity index (χ4n) is 1.41. The molecular weight excluding hydrogens is 281 g/mol. The lowest BCUT2D eigenvalue weighted by Crippen LogP contribution is -2.39. The van der Waals surface area contributed by atoms with Gasteiger partial charge in [-0.25, -0.2) is 0 Å². The Hall–Kier alpha value is -1.27. The van der Waals surface area contributed by atoms with Gasteiger partial charge in [0, 0.05) is 0 Å². The van der Waals surface area contributed by atoms with Crippen molar-refractivity contribution in [2.45, 2.75) is 32.1 Å². The van der Waals surface area contributed by atoms with E-state index in [-0.39, 0.29) is 12.4 Å². The molecular formula is C12H16ClF3N2O. The molecule has 0 bridgehead atoms. The third-order valence-electron chi connectivity index (χ3n) is 2.49. The molecule has 1 rings (SSSR count). The van der Waals surface area contributed by atoms with Crippen LogP contribution >= 0.6 is 12.4 Å². The van der Waals surface area contributed by atoms with Crippen molar-refractivity contribution in [2.75, 3.05) is 0 Å². The van der Waals surface area contributed by atoms with Gasteiger partial charge in [-0.15, -0.1) is 12.4 Å². The van der Waals surface area contributed by atoms with Gasteiger partial charge in [0.15, 0.2) is 0 Å². The zero-order valence-electron chi connectivity index (χ0n) is 10.5. The molecule has 2 atom stereocenters. The zero-order chi connectivity index (χ0) is 13.9. The highest BCUT2D eigenvalue weighted by molar-refractivity contribution is 5.85. The summed E-state index contributed by atoms with van der Waals surface area (Å²) < 4.78 is 37.5. The minimum Gasteiger partial charge on any atom is -0.348 e. The fraction of sp³-hybridized carbons (Fsp3) is 0.417. The standard InChI is InChI=1S/C12H15F3N2O.ClH/c1-7(16)11(18)17-8(2)9-4-3-5-10(6-9)12(13,14)15;/h3-8H,16H2,1-2H3,(H,17,18);1H. The van der Waals surface area contributed by atoms with Crippen LogP contribution in [0.3, 0.4) is 0 Å². The van der Waals surface area contributed by atoms with Crippen LogP contribution in [-0.4, -0.2) is 11.9 Å². The van der Waals surface area contributed by atoms with E-state index >= 15 is 0 Å². The smallest absolute Gasteiger partial charge is 0.348 e. The molecule has 0 radical (unpaired) electrons. The van der Waals surface area contributed by atoms with Crippen LogP contribution in [0, 0.1) is 0 Å². The van der Waals surface area contributed by atoms with Crippen LogP contribution in [0.2, 0.25) is 0 Å². The number of nitrogens with one attached hydrogen (secondary N) is 1. The van der Waals surface area contributed by atoms with Gasteiger partial charge in [-0.1, -0.05) is 12.1 Å². The highest BCUT2D eigenvalue weighted by atomic mass is 35.5. The lowest BCUT2D eigenvalue weighted by atomic mass is 10.0. The van der Waals surface area contributed by atoms with Crippen LogP contribution in [0.15, 0.2) is 24.3 Å². The van der Waals surface area contributed by atoms with Crippen molar-refractivity contribution >= 4 is 18.3 Å². The van der Waals surface area contributed by atoms with Crippen molar-refractivity contribution in [2.24, 2.45) is 5.73 Å². The van der Waals surface area contributed by atoms with Crippen molar-refractivity contribution in [1.29, 1.82) is 0 Å². The number of alkyl halides is 3. The molecule has 0 aromatic heterocycles. The molecule has 3 N–H and O–H groups in total. The summed E-state index contributed by atoms with van der Waals surface area (Å²) >= 11 is 0. The molecule has 3 nitrogen and oxygen atoms in total. The number of halogens is 4. The molecule has 0 aliphatic heterocycles. The highest BCUT2D eigenvalue weighted by Crippen LogP contribution is 2.30. The van der Waals surface area contributed by atoms with Gasteiger partial charge in [0.1, 0.15) is 0 Å². The van der Waals surface area contributed by atoms with E-state index in [1.807, 2.05) is 0 Å². The van der Waals surface area contributed by atoms with Gasteiger partial charge in [0.25, 0.3) is 0 Å². The van der Waals surface area contributed by atoms with Crippen LogP contribution in [0.5, 0.6) is 0 Å². The van der Waals surface area contributed by atoms with Gasteiger partial charge in [-0.3, -0.25) is 4.79 Å². The molecule has 19 heavy (non-hydrogen) atoms. The number of nitrogens with two attached hydrogens (primary N) is 1. The number of carbonyl (C=O) groups excluding carboxylic acids is 1. The normalized spacial score (nSPS) is 14.2. The Kier molecular flexibility index (Phi) is 6.32. The summed E-state index contributed by atoms with van der Waals surface area (Å²) in [4.78, 5) is 11.4. The van der Waals surface area contributed by atoms with Crippen molar-refractivity contribution in [3.05, 3.63) is 35.4 Å². The summed E-state index contributed by atoms with van der Waals surface area (Å²) in [6.07, 6.45) is -4.39. The Balaban J connectivity index is 0.00000324. The first-order chi connectivity index (χ1) is 8.21. The van der Waals surface area contributed by atoms with Crippen LogP contribution in [0.4, 0.5) is 13.2 Å². The summed E-state index contributed by atoms with van der Waals surface area (Å²) in [5.41, 5.74) is 5.02. The first-order valence-corrected chi connectivity index (χ1v) is 5.45. The van der Waals surface area contributed by atoms with Gasteiger partial charge >= 0.3 is 6.18 Å². The molecule has 1 aromatic carbocycles. The average molecular weight is 297 g/mol. The quantitative estimate of drug-likeness (QED) is 0.901. The lowest BCUT2D eigenvalue weighted by molar-refractivity contribution is -0.137. The molecule has 0 fully saturated rings. The first-order valence-electron chi connectivity index (χ1n) is 5.45. The Labute approximate surface area is 115 Å². The molecule has 108 valence electrons. The molecule has 0 spiro atoms. The molecule has 0 aliphatic rings. The Bertz CT molecular complexity index is 435. The topological polar surface area (TPSA) is 55.1 Å². The summed E-state index contributed by atoms with van der Waals surface area (Å²) in [6, 6.07) is 3.63. The van der Waals surface area contributed by atoms with E-state index in [1.165, 1.54) is 19.1 Å².